The summed E-state index contributed by atoms with van der Waals surface area (Å²) in [7, 11) is -3.42. The smallest absolute Gasteiger partial charge is 0.348 e. The van der Waals surface area contributed by atoms with Crippen molar-refractivity contribution in [2.24, 2.45) is 0 Å². The Labute approximate surface area is 162 Å². The highest BCUT2D eigenvalue weighted by Gasteiger charge is 2.30. The zero-order chi connectivity index (χ0) is 20.9. The van der Waals surface area contributed by atoms with Gasteiger partial charge in [0.05, 0.1) is 17.0 Å². The number of halogens is 3. The van der Waals surface area contributed by atoms with E-state index < -0.39 is 27.7 Å². The zero-order valence-electron chi connectivity index (χ0n) is 15.5. The zero-order valence-corrected chi connectivity index (χ0v) is 16.3. The minimum atomic E-state index is -4.44. The lowest BCUT2D eigenvalue weighted by Crippen LogP contribution is -2.32. The van der Waals surface area contributed by atoms with Crippen LogP contribution in [0.5, 0.6) is 0 Å². The van der Waals surface area contributed by atoms with Crippen molar-refractivity contribution in [3.63, 3.8) is 0 Å². The molecule has 5 nitrogen and oxygen atoms in total. The van der Waals surface area contributed by atoms with Gasteiger partial charge in [0.15, 0.2) is 0 Å². The van der Waals surface area contributed by atoms with Crippen molar-refractivity contribution in [1.29, 1.82) is 0 Å². The van der Waals surface area contributed by atoms with E-state index in [1.54, 1.807) is 13.8 Å². The average Bonchev–Trinajstić information content (AvgIpc) is 2.66. The van der Waals surface area contributed by atoms with Gasteiger partial charge in [0.2, 0.25) is 10.0 Å². The Morgan fingerprint density at radius 3 is 2.25 bits per heavy atom. The second-order valence-corrected chi connectivity index (χ2v) is 8.17. The van der Waals surface area contributed by atoms with Crippen LogP contribution in [0.15, 0.2) is 48.5 Å². The van der Waals surface area contributed by atoms with Crippen LogP contribution in [0.4, 0.5) is 18.9 Å². The summed E-state index contributed by atoms with van der Waals surface area (Å²) in [5.74, 6) is -0.509. The number of benzene rings is 2. The van der Waals surface area contributed by atoms with Crippen LogP contribution in [0.1, 0.15) is 35.3 Å². The summed E-state index contributed by atoms with van der Waals surface area (Å²) in [5, 5.41) is 2.56. The maximum absolute atomic E-state index is 12.7. The summed E-state index contributed by atoms with van der Waals surface area (Å²) in [5.41, 5.74) is 0.269. The molecular weight excluding hydrogens is 393 g/mol. The van der Waals surface area contributed by atoms with Gasteiger partial charge in [-0.2, -0.15) is 13.2 Å². The van der Waals surface area contributed by atoms with Crippen molar-refractivity contribution in [1.82, 2.24) is 5.32 Å². The van der Waals surface area contributed by atoms with E-state index >= 15 is 0 Å². The standard InChI is InChI=1S/C19H21F3N2O3S/c1-3-24(28(26,27)4-2)17-10-8-15(9-11-17)18(25)23-13-14-6-5-7-16(12-14)19(20,21)22/h5-12H,3-4,13H2,1-2H3,(H,23,25). The summed E-state index contributed by atoms with van der Waals surface area (Å²) in [6.07, 6.45) is -4.44. The van der Waals surface area contributed by atoms with Gasteiger partial charge < -0.3 is 5.32 Å². The van der Waals surface area contributed by atoms with Crippen LogP contribution in [0, 0.1) is 0 Å². The van der Waals surface area contributed by atoms with Crippen LogP contribution in [-0.4, -0.2) is 26.6 Å². The van der Waals surface area contributed by atoms with E-state index in [0.29, 0.717) is 11.3 Å². The van der Waals surface area contributed by atoms with E-state index in [4.69, 9.17) is 0 Å². The number of nitrogens with zero attached hydrogens (tertiary/aromatic N) is 1. The molecule has 0 aliphatic carbocycles. The molecule has 2 rings (SSSR count). The number of carbonyl (C=O) groups is 1. The van der Waals surface area contributed by atoms with Gasteiger partial charge in [0.1, 0.15) is 0 Å². The largest absolute Gasteiger partial charge is 0.416 e. The van der Waals surface area contributed by atoms with Gasteiger partial charge >= 0.3 is 6.18 Å². The maximum Gasteiger partial charge on any atom is 0.416 e. The summed E-state index contributed by atoms with van der Waals surface area (Å²) in [6.45, 7) is 3.46. The molecule has 0 atom stereocenters. The number of hydrogen-bond donors (Lipinski definition) is 1. The molecule has 152 valence electrons. The first-order valence-electron chi connectivity index (χ1n) is 8.63. The number of rotatable bonds is 7. The number of sulfonamides is 1. The Balaban J connectivity index is 2.08. The van der Waals surface area contributed by atoms with Crippen molar-refractivity contribution in [2.45, 2.75) is 26.6 Å². The first-order valence-corrected chi connectivity index (χ1v) is 10.2. The van der Waals surface area contributed by atoms with Crippen LogP contribution in [0.25, 0.3) is 0 Å². The van der Waals surface area contributed by atoms with Gasteiger partial charge in [-0.15, -0.1) is 0 Å². The van der Waals surface area contributed by atoms with Crippen molar-refractivity contribution in [3.8, 4) is 0 Å². The predicted molar refractivity (Wildman–Crippen MR) is 102 cm³/mol. The van der Waals surface area contributed by atoms with Crippen molar-refractivity contribution >= 4 is 21.6 Å². The third kappa shape index (κ3) is 5.25. The molecule has 1 amide bonds. The lowest BCUT2D eigenvalue weighted by atomic mass is 10.1. The number of alkyl halides is 3. The topological polar surface area (TPSA) is 66.5 Å². The Morgan fingerprint density at radius 1 is 1.07 bits per heavy atom. The minimum absolute atomic E-state index is 0.0416. The molecule has 2 aromatic rings. The molecule has 0 heterocycles. The van der Waals surface area contributed by atoms with E-state index in [2.05, 4.69) is 5.32 Å². The molecule has 28 heavy (non-hydrogen) atoms. The maximum atomic E-state index is 12.7. The van der Waals surface area contributed by atoms with Gasteiger partial charge in [-0.25, -0.2) is 8.42 Å². The molecule has 0 fully saturated rings. The number of hydrogen-bond acceptors (Lipinski definition) is 3. The molecule has 0 aliphatic heterocycles. The molecule has 0 saturated carbocycles. The number of anilines is 1. The van der Waals surface area contributed by atoms with Gasteiger partial charge in [0, 0.05) is 18.7 Å². The first kappa shape index (κ1) is 21.7. The summed E-state index contributed by atoms with van der Waals surface area (Å²) < 4.78 is 63.6. The second kappa shape index (κ2) is 8.64. The van der Waals surface area contributed by atoms with E-state index in [9.17, 15) is 26.4 Å². The molecule has 0 aromatic heterocycles. The second-order valence-electron chi connectivity index (χ2n) is 5.99. The highest BCUT2D eigenvalue weighted by Crippen LogP contribution is 2.29. The van der Waals surface area contributed by atoms with Gasteiger partial charge in [-0.05, 0) is 55.8 Å². The minimum Gasteiger partial charge on any atom is -0.348 e. The fourth-order valence-corrected chi connectivity index (χ4v) is 3.76. The van der Waals surface area contributed by atoms with E-state index in [1.807, 2.05) is 0 Å². The van der Waals surface area contributed by atoms with Crippen molar-refractivity contribution in [2.75, 3.05) is 16.6 Å². The monoisotopic (exact) mass is 414 g/mol. The third-order valence-corrected chi connectivity index (χ3v) is 5.98. The quantitative estimate of drug-likeness (QED) is 0.749. The molecule has 0 unspecified atom stereocenters. The van der Waals surface area contributed by atoms with Gasteiger partial charge in [0.25, 0.3) is 5.91 Å². The van der Waals surface area contributed by atoms with Crippen LogP contribution < -0.4 is 9.62 Å². The molecule has 1 N–H and O–H groups in total. The van der Waals surface area contributed by atoms with Crippen LogP contribution in [-0.2, 0) is 22.7 Å². The average molecular weight is 414 g/mol. The fourth-order valence-electron chi connectivity index (χ4n) is 2.62. The summed E-state index contributed by atoms with van der Waals surface area (Å²) in [4.78, 5) is 12.2. The number of nitrogens with one attached hydrogen (secondary N) is 1. The van der Waals surface area contributed by atoms with Gasteiger partial charge in [-0.3, -0.25) is 9.10 Å². The molecule has 0 saturated heterocycles. The Hall–Kier alpha value is -2.55. The van der Waals surface area contributed by atoms with E-state index in [-0.39, 0.29) is 24.4 Å². The normalized spacial score (nSPS) is 11.9. The third-order valence-electron chi connectivity index (χ3n) is 4.11. The Kier molecular flexibility index (Phi) is 6.71. The van der Waals surface area contributed by atoms with Crippen LogP contribution >= 0.6 is 0 Å². The lowest BCUT2D eigenvalue weighted by molar-refractivity contribution is -0.137. The van der Waals surface area contributed by atoms with Crippen LogP contribution in [0.2, 0.25) is 0 Å². The number of carbonyl (C=O) groups excluding carboxylic acids is 1. The lowest BCUT2D eigenvalue weighted by Gasteiger charge is -2.22. The van der Waals surface area contributed by atoms with Gasteiger partial charge in [-0.1, -0.05) is 12.1 Å². The highest BCUT2D eigenvalue weighted by molar-refractivity contribution is 7.92. The Morgan fingerprint density at radius 2 is 1.71 bits per heavy atom. The number of amides is 1. The van der Waals surface area contributed by atoms with E-state index in [1.165, 1.54) is 40.7 Å². The first-order chi connectivity index (χ1) is 13.1. The summed E-state index contributed by atoms with van der Waals surface area (Å²) >= 11 is 0. The molecule has 2 aromatic carbocycles. The van der Waals surface area contributed by atoms with Crippen LogP contribution in [0.3, 0.4) is 0 Å². The molecule has 0 bridgehead atoms. The molecule has 9 heteroatoms. The highest BCUT2D eigenvalue weighted by atomic mass is 32.2. The molecule has 0 radical (unpaired) electrons. The van der Waals surface area contributed by atoms with E-state index in [0.717, 1.165) is 12.1 Å². The molecule has 0 spiro atoms. The van der Waals surface area contributed by atoms with Crippen molar-refractivity contribution < 1.29 is 26.4 Å². The predicted octanol–water partition coefficient (Wildman–Crippen LogP) is 3.81. The SMILES string of the molecule is CCN(c1ccc(C(=O)NCc2cccc(C(F)(F)F)c2)cc1)S(=O)(=O)CC. The molecule has 0 aliphatic rings. The Bertz CT molecular complexity index is 926. The molecular formula is C19H21F3N2O3S. The summed E-state index contributed by atoms with van der Waals surface area (Å²) in [6, 6.07) is 10.7. The van der Waals surface area contributed by atoms with Crippen molar-refractivity contribution in [3.05, 3.63) is 65.2 Å². The fraction of sp³-hybridized carbons (Fsp3) is 0.316.